The van der Waals surface area contributed by atoms with Crippen LogP contribution in [0.25, 0.3) is 0 Å². The Labute approximate surface area is 127 Å². The van der Waals surface area contributed by atoms with Crippen LogP contribution in [0, 0.1) is 0 Å². The number of hydrogen-bond acceptors (Lipinski definition) is 6. The summed E-state index contributed by atoms with van der Waals surface area (Å²) in [5.41, 5.74) is 5.03. The van der Waals surface area contributed by atoms with E-state index in [1.807, 2.05) is 0 Å². The lowest BCUT2D eigenvalue weighted by atomic mass is 10.6. The van der Waals surface area contributed by atoms with Crippen molar-refractivity contribution in [3.8, 4) is 0 Å². The van der Waals surface area contributed by atoms with Gasteiger partial charge in [0.2, 0.25) is 0 Å². The van der Waals surface area contributed by atoms with E-state index in [1.165, 1.54) is 21.6 Å². The van der Waals surface area contributed by atoms with Gasteiger partial charge in [0.25, 0.3) is 0 Å². The summed E-state index contributed by atoms with van der Waals surface area (Å²) in [5.74, 6) is 0.892. The van der Waals surface area contributed by atoms with Crippen molar-refractivity contribution in [1.82, 2.24) is 9.80 Å². The fourth-order valence-electron chi connectivity index (χ4n) is 1.23. The molecule has 1 aliphatic heterocycles. The third-order valence-corrected chi connectivity index (χ3v) is 4.56. The van der Waals surface area contributed by atoms with Gasteiger partial charge in [-0.1, -0.05) is 31.8 Å². The first-order valence-electron chi connectivity index (χ1n) is 5.56. The van der Waals surface area contributed by atoms with Crippen molar-refractivity contribution < 1.29 is 19.2 Å². The van der Waals surface area contributed by atoms with Crippen molar-refractivity contribution in [3.63, 3.8) is 0 Å². The number of amides is 8. The highest BCUT2D eigenvalue weighted by atomic mass is 33.1. The fraction of sp³-hybridized carbons (Fsp3) is 0.444. The van der Waals surface area contributed by atoms with E-state index in [1.54, 1.807) is 0 Å². The molecule has 2 N–H and O–H groups in total. The lowest BCUT2D eigenvalue weighted by molar-refractivity contribution is 0.200. The van der Waals surface area contributed by atoms with Crippen LogP contribution in [0.5, 0.6) is 0 Å². The largest absolute Gasteiger partial charge is 0.370 e. The van der Waals surface area contributed by atoms with E-state index >= 15 is 0 Å². The number of azo groups is 1. The van der Waals surface area contributed by atoms with Crippen molar-refractivity contribution in [3.05, 3.63) is 0 Å². The van der Waals surface area contributed by atoms with Crippen molar-refractivity contribution in [2.75, 3.05) is 24.6 Å². The number of imide groups is 2. The van der Waals surface area contributed by atoms with Crippen molar-refractivity contribution in [2.24, 2.45) is 21.0 Å². The highest BCUT2D eigenvalue weighted by molar-refractivity contribution is 8.76. The maximum atomic E-state index is 11.2. The first-order chi connectivity index (χ1) is 9.97. The van der Waals surface area contributed by atoms with Gasteiger partial charge in [0.05, 0.1) is 0 Å². The lowest BCUT2D eigenvalue weighted by Gasteiger charge is -2.15. The molecule has 0 aliphatic carbocycles. The predicted molar refractivity (Wildman–Crippen MR) is 78.5 cm³/mol. The highest BCUT2D eigenvalue weighted by Gasteiger charge is 2.26. The average Bonchev–Trinajstić information content (AvgIpc) is 2.76. The standard InChI is InChI=1S/C9H12N6O4S2/c1-11-7(17)14(6(10)16)2-4-20-21-5-3-15-8(18)12-13-9(15)19/h1-5H2,(H2,10,16). The van der Waals surface area contributed by atoms with Crippen LogP contribution < -0.4 is 5.73 Å². The topological polar surface area (TPSA) is 138 Å². The predicted octanol–water partition coefficient (Wildman–Crippen LogP) is 1.58. The van der Waals surface area contributed by atoms with Gasteiger partial charge in [-0.15, -0.1) is 0 Å². The van der Waals surface area contributed by atoms with Gasteiger partial charge in [-0.25, -0.2) is 34.0 Å². The van der Waals surface area contributed by atoms with Gasteiger partial charge >= 0.3 is 24.1 Å². The van der Waals surface area contributed by atoms with E-state index in [-0.39, 0.29) is 13.1 Å². The lowest BCUT2D eigenvalue weighted by Crippen LogP contribution is -2.40. The molecule has 0 aromatic carbocycles. The average molecular weight is 332 g/mol. The zero-order chi connectivity index (χ0) is 15.8. The van der Waals surface area contributed by atoms with Crippen LogP contribution in [-0.4, -0.2) is 65.2 Å². The van der Waals surface area contributed by atoms with E-state index in [2.05, 4.69) is 21.9 Å². The highest BCUT2D eigenvalue weighted by Crippen LogP contribution is 2.22. The van der Waals surface area contributed by atoms with E-state index < -0.39 is 24.1 Å². The molecule has 1 rings (SSSR count). The molecule has 0 aromatic rings. The Bertz CT molecular complexity index is 479. The number of hydrogen-bond donors (Lipinski definition) is 1. The number of carbonyl (C=O) groups is 4. The van der Waals surface area contributed by atoms with Gasteiger partial charge in [-0.2, -0.15) is 0 Å². The molecule has 114 valence electrons. The summed E-state index contributed by atoms with van der Waals surface area (Å²) >= 11 is 0. The second kappa shape index (κ2) is 8.36. The van der Waals surface area contributed by atoms with E-state index in [0.29, 0.717) is 11.5 Å². The van der Waals surface area contributed by atoms with E-state index in [9.17, 15) is 19.2 Å². The summed E-state index contributed by atoms with van der Waals surface area (Å²) < 4.78 is 0. The van der Waals surface area contributed by atoms with Gasteiger partial charge in [-0.05, 0) is 6.72 Å². The zero-order valence-electron chi connectivity index (χ0n) is 10.8. The number of nitrogens with zero attached hydrogens (tertiary/aromatic N) is 5. The van der Waals surface area contributed by atoms with Crippen LogP contribution in [0.1, 0.15) is 0 Å². The van der Waals surface area contributed by atoms with Crippen LogP contribution in [-0.2, 0) is 0 Å². The van der Waals surface area contributed by atoms with Crippen LogP contribution in [0.15, 0.2) is 15.2 Å². The molecule has 1 heterocycles. The van der Waals surface area contributed by atoms with Crippen LogP contribution in [0.2, 0.25) is 0 Å². The van der Waals surface area contributed by atoms with Gasteiger partial charge in [-0.3, -0.25) is 0 Å². The smallest absolute Gasteiger partial charge is 0.351 e. The Hall–Kier alpha value is -1.95. The minimum Gasteiger partial charge on any atom is -0.351 e. The van der Waals surface area contributed by atoms with Crippen molar-refractivity contribution >= 4 is 52.4 Å². The van der Waals surface area contributed by atoms with Gasteiger partial charge in [0, 0.05) is 24.6 Å². The van der Waals surface area contributed by atoms with Crippen LogP contribution in [0.3, 0.4) is 0 Å². The molecular weight excluding hydrogens is 320 g/mol. The third kappa shape index (κ3) is 5.15. The monoisotopic (exact) mass is 332 g/mol. The number of urea groups is 4. The number of carbonyl (C=O) groups excluding carboxylic acids is 4. The van der Waals surface area contributed by atoms with Crippen molar-refractivity contribution in [2.45, 2.75) is 0 Å². The second-order valence-corrected chi connectivity index (χ2v) is 6.19. The maximum absolute atomic E-state index is 11.2. The summed E-state index contributed by atoms with van der Waals surface area (Å²) in [6, 6.07) is -3.04. The first-order valence-corrected chi connectivity index (χ1v) is 8.05. The molecule has 0 fully saturated rings. The van der Waals surface area contributed by atoms with Crippen LogP contribution >= 0.6 is 21.6 Å². The molecule has 0 aromatic heterocycles. The Morgan fingerprint density at radius 3 is 2.33 bits per heavy atom. The Morgan fingerprint density at radius 2 is 1.81 bits per heavy atom. The summed E-state index contributed by atoms with van der Waals surface area (Å²) in [4.78, 5) is 49.2. The molecule has 10 nitrogen and oxygen atoms in total. The molecule has 0 unspecified atom stereocenters. The number of nitrogens with two attached hydrogens (primary N) is 1. The summed E-state index contributed by atoms with van der Waals surface area (Å²) in [5, 5.41) is 6.24. The van der Waals surface area contributed by atoms with Crippen molar-refractivity contribution in [1.29, 1.82) is 0 Å². The second-order valence-electron chi connectivity index (χ2n) is 3.49. The fourth-order valence-corrected chi connectivity index (χ4v) is 3.13. The van der Waals surface area contributed by atoms with E-state index in [4.69, 9.17) is 5.73 Å². The minimum absolute atomic E-state index is 0.0943. The summed E-state index contributed by atoms with van der Waals surface area (Å²) in [6.07, 6.45) is 0. The minimum atomic E-state index is -0.894. The van der Waals surface area contributed by atoms with Gasteiger partial charge in [0.1, 0.15) is 0 Å². The molecule has 0 saturated carbocycles. The normalized spacial score (nSPS) is 13.6. The summed E-state index contributed by atoms with van der Waals surface area (Å²) in [6.45, 7) is 3.32. The van der Waals surface area contributed by atoms with E-state index in [0.717, 1.165) is 9.80 Å². The molecule has 21 heavy (non-hydrogen) atoms. The molecule has 12 heteroatoms. The zero-order valence-corrected chi connectivity index (χ0v) is 12.4. The molecular formula is C9H12N6O4S2. The first kappa shape index (κ1) is 17.1. The Balaban J connectivity index is 2.18. The third-order valence-electron chi connectivity index (χ3n) is 2.19. The molecule has 0 atom stereocenters. The maximum Gasteiger partial charge on any atom is 0.370 e. The summed E-state index contributed by atoms with van der Waals surface area (Å²) in [7, 11) is 2.72. The number of aliphatic imine (C=N–C) groups is 1. The number of primary amides is 1. The molecule has 8 amide bonds. The molecule has 1 aliphatic rings. The molecule has 0 bridgehead atoms. The van der Waals surface area contributed by atoms with Gasteiger partial charge in [0.15, 0.2) is 0 Å². The Morgan fingerprint density at radius 1 is 1.24 bits per heavy atom. The quantitative estimate of drug-likeness (QED) is 0.426. The molecule has 0 saturated heterocycles. The molecule has 0 spiro atoms. The van der Waals surface area contributed by atoms with Crippen LogP contribution in [0.4, 0.5) is 19.2 Å². The SMILES string of the molecule is C=NC(=O)N(CCSSCCN1C(=O)N=NC1=O)C(N)=O. The number of rotatable bonds is 7. The Kier molecular flexibility index (Phi) is 6.81. The van der Waals surface area contributed by atoms with Gasteiger partial charge < -0.3 is 5.73 Å². The molecule has 0 radical (unpaired) electrons.